The number of hydrogen-bond acceptors (Lipinski definition) is 6. The Morgan fingerprint density at radius 1 is 1.10 bits per heavy atom. The van der Waals surface area contributed by atoms with Crippen molar-refractivity contribution in [1.82, 2.24) is 10.1 Å². The van der Waals surface area contributed by atoms with Gasteiger partial charge in [0.2, 0.25) is 0 Å². The molecule has 0 bridgehead atoms. The molecule has 4 heterocycles. The molecule has 1 aliphatic rings. The normalized spacial score (nSPS) is 18.8. The molecule has 0 spiro atoms. The van der Waals surface area contributed by atoms with E-state index in [1.807, 2.05) is 13.8 Å². The van der Waals surface area contributed by atoms with Gasteiger partial charge in [0.1, 0.15) is 29.1 Å². The van der Waals surface area contributed by atoms with Crippen LogP contribution in [0.4, 0.5) is 5.82 Å². The molecule has 0 radical (unpaired) electrons. The van der Waals surface area contributed by atoms with Crippen LogP contribution in [-0.2, 0) is 9.59 Å². The summed E-state index contributed by atoms with van der Waals surface area (Å²) in [6, 6.07) is 4.02. The van der Waals surface area contributed by atoms with Gasteiger partial charge in [-0.05, 0) is 52.3 Å². The van der Waals surface area contributed by atoms with E-state index in [0.29, 0.717) is 28.5 Å². The number of rotatable bonds is 3. The number of furan rings is 1. The molecule has 0 aliphatic carbocycles. The molecule has 150 valence electrons. The molecule has 1 fully saturated rings. The van der Waals surface area contributed by atoms with Gasteiger partial charge in [-0.15, -0.1) is 0 Å². The van der Waals surface area contributed by atoms with Crippen LogP contribution in [0.5, 0.6) is 0 Å². The Morgan fingerprint density at radius 3 is 2.34 bits per heavy atom. The fourth-order valence-corrected chi connectivity index (χ4v) is 3.80. The third-order valence-electron chi connectivity index (χ3n) is 5.26. The highest BCUT2D eigenvalue weighted by molar-refractivity contribution is 6.51. The Kier molecular flexibility index (Phi) is 4.22. The minimum Gasteiger partial charge on any atom is -0.507 e. The summed E-state index contributed by atoms with van der Waals surface area (Å²) in [6.45, 7) is 8.98. The number of carbonyl (C=O) groups is 2. The van der Waals surface area contributed by atoms with Gasteiger partial charge < -0.3 is 19.0 Å². The predicted octanol–water partition coefficient (Wildman–Crippen LogP) is 3.76. The van der Waals surface area contributed by atoms with Crippen molar-refractivity contribution >= 4 is 23.3 Å². The zero-order valence-electron chi connectivity index (χ0n) is 16.8. The minimum absolute atomic E-state index is 0.0461. The summed E-state index contributed by atoms with van der Waals surface area (Å²) in [4.78, 5) is 30.3. The second kappa shape index (κ2) is 6.51. The number of Topliss-reactive ketones (excluding diaryl/α,β-unsaturated/α-hetero) is 1. The van der Waals surface area contributed by atoms with E-state index in [2.05, 4.69) is 10.1 Å². The lowest BCUT2D eigenvalue weighted by molar-refractivity contribution is -0.132. The van der Waals surface area contributed by atoms with Crippen LogP contribution in [0, 0.1) is 34.6 Å². The van der Waals surface area contributed by atoms with Gasteiger partial charge in [0.05, 0.1) is 5.57 Å². The van der Waals surface area contributed by atoms with Crippen molar-refractivity contribution in [1.29, 1.82) is 0 Å². The predicted molar refractivity (Wildman–Crippen MR) is 104 cm³/mol. The first-order chi connectivity index (χ1) is 13.7. The van der Waals surface area contributed by atoms with Crippen LogP contribution in [0.1, 0.15) is 45.8 Å². The summed E-state index contributed by atoms with van der Waals surface area (Å²) in [5.74, 6) is -0.213. The van der Waals surface area contributed by atoms with E-state index < -0.39 is 17.7 Å². The van der Waals surface area contributed by atoms with Crippen LogP contribution in [0.3, 0.4) is 0 Å². The third kappa shape index (κ3) is 2.79. The fraction of sp³-hybridized carbons (Fsp3) is 0.286. The van der Waals surface area contributed by atoms with Gasteiger partial charge in [-0.1, -0.05) is 5.16 Å². The number of hydrogen-bond donors (Lipinski definition) is 2. The topological polar surface area (TPSA) is 113 Å². The van der Waals surface area contributed by atoms with Gasteiger partial charge in [0, 0.05) is 23.0 Å². The van der Waals surface area contributed by atoms with Gasteiger partial charge in [0.25, 0.3) is 5.78 Å². The quantitative estimate of drug-likeness (QED) is 0.397. The van der Waals surface area contributed by atoms with E-state index in [0.717, 1.165) is 11.3 Å². The van der Waals surface area contributed by atoms with Gasteiger partial charge in [-0.3, -0.25) is 14.5 Å². The summed E-state index contributed by atoms with van der Waals surface area (Å²) >= 11 is 0. The average molecular weight is 395 g/mol. The van der Waals surface area contributed by atoms with Crippen LogP contribution < -0.4 is 4.90 Å². The SMILES string of the molecule is Cc1cc(N2C(=O)C(=O)/C(=C(/O)c3c(C)[nH]c(C)c3C)C2c2ccc(C)o2)no1. The maximum absolute atomic E-state index is 13.0. The number of aliphatic hydroxyl groups excluding tert-OH is 1. The molecular formula is C21H21N3O5. The molecule has 0 saturated carbocycles. The van der Waals surface area contributed by atoms with E-state index in [1.165, 1.54) is 4.90 Å². The number of nitrogens with one attached hydrogen (secondary N) is 1. The van der Waals surface area contributed by atoms with Crippen LogP contribution in [0.25, 0.3) is 5.76 Å². The van der Waals surface area contributed by atoms with Crippen molar-refractivity contribution < 1.29 is 23.6 Å². The standard InChI is InChI=1S/C21H21N3O5/c1-9-6-7-14(28-9)18-17(19(25)16-11(3)12(4)22-13(16)5)20(26)21(27)24(18)15-8-10(2)29-23-15/h6-8,18,22,25H,1-5H3/b19-17+. The van der Waals surface area contributed by atoms with Crippen LogP contribution in [-0.4, -0.2) is 26.9 Å². The molecule has 1 unspecified atom stereocenters. The summed E-state index contributed by atoms with van der Waals surface area (Å²) < 4.78 is 10.8. The zero-order valence-corrected chi connectivity index (χ0v) is 16.8. The molecule has 1 amide bonds. The zero-order chi connectivity index (χ0) is 21.0. The third-order valence-corrected chi connectivity index (χ3v) is 5.26. The van der Waals surface area contributed by atoms with E-state index in [-0.39, 0.29) is 17.2 Å². The first kappa shape index (κ1) is 18.8. The number of aromatic nitrogens is 2. The number of ketones is 1. The first-order valence-corrected chi connectivity index (χ1v) is 9.17. The maximum Gasteiger partial charge on any atom is 0.301 e. The first-order valence-electron chi connectivity index (χ1n) is 9.17. The fourth-order valence-electron chi connectivity index (χ4n) is 3.80. The summed E-state index contributed by atoms with van der Waals surface area (Å²) in [5.41, 5.74) is 2.84. The highest BCUT2D eigenvalue weighted by atomic mass is 16.5. The van der Waals surface area contributed by atoms with Crippen molar-refractivity contribution in [3.63, 3.8) is 0 Å². The van der Waals surface area contributed by atoms with Gasteiger partial charge in [0.15, 0.2) is 5.82 Å². The van der Waals surface area contributed by atoms with E-state index in [4.69, 9.17) is 8.94 Å². The average Bonchev–Trinajstić information content (AvgIpc) is 3.38. The van der Waals surface area contributed by atoms with E-state index in [9.17, 15) is 14.7 Å². The lowest BCUT2D eigenvalue weighted by Crippen LogP contribution is -2.29. The van der Waals surface area contributed by atoms with Crippen LogP contribution in [0.15, 0.2) is 32.7 Å². The molecule has 29 heavy (non-hydrogen) atoms. The minimum atomic E-state index is -0.956. The second-order valence-corrected chi connectivity index (χ2v) is 7.29. The van der Waals surface area contributed by atoms with E-state index >= 15 is 0 Å². The number of aryl methyl sites for hydroxylation is 4. The van der Waals surface area contributed by atoms with Crippen molar-refractivity contribution in [2.45, 2.75) is 40.7 Å². The molecular weight excluding hydrogens is 374 g/mol. The molecule has 2 N–H and O–H groups in total. The Morgan fingerprint density at radius 2 is 1.83 bits per heavy atom. The molecule has 3 aromatic rings. The Labute approximate surface area is 166 Å². The molecule has 1 saturated heterocycles. The largest absolute Gasteiger partial charge is 0.507 e. The number of carbonyl (C=O) groups excluding carboxylic acids is 2. The van der Waals surface area contributed by atoms with Crippen molar-refractivity contribution in [2.24, 2.45) is 0 Å². The van der Waals surface area contributed by atoms with Crippen LogP contribution >= 0.6 is 0 Å². The Hall–Kier alpha value is -3.55. The summed E-state index contributed by atoms with van der Waals surface area (Å²) in [5, 5.41) is 15.1. The monoisotopic (exact) mass is 395 g/mol. The summed E-state index contributed by atoms with van der Waals surface area (Å²) in [7, 11) is 0. The van der Waals surface area contributed by atoms with Crippen LogP contribution in [0.2, 0.25) is 0 Å². The summed E-state index contributed by atoms with van der Waals surface area (Å²) in [6.07, 6.45) is 0. The molecule has 1 aliphatic heterocycles. The Bertz CT molecular complexity index is 1180. The lowest BCUT2D eigenvalue weighted by Gasteiger charge is -2.20. The number of nitrogens with zero attached hydrogens (tertiary/aromatic N) is 2. The van der Waals surface area contributed by atoms with Gasteiger partial charge in [-0.2, -0.15) is 0 Å². The highest BCUT2D eigenvalue weighted by Gasteiger charge is 2.49. The molecule has 8 nitrogen and oxygen atoms in total. The number of H-pyrrole nitrogens is 1. The highest BCUT2D eigenvalue weighted by Crippen LogP contribution is 2.43. The van der Waals surface area contributed by atoms with Crippen molar-refractivity contribution in [3.05, 3.63) is 63.6 Å². The molecule has 1 atom stereocenters. The maximum atomic E-state index is 13.0. The van der Waals surface area contributed by atoms with Crippen molar-refractivity contribution in [3.8, 4) is 0 Å². The second-order valence-electron chi connectivity index (χ2n) is 7.29. The number of aliphatic hydroxyl groups is 1. The number of anilines is 1. The van der Waals surface area contributed by atoms with Gasteiger partial charge in [-0.25, -0.2) is 0 Å². The van der Waals surface area contributed by atoms with Gasteiger partial charge >= 0.3 is 5.91 Å². The molecule has 0 aromatic carbocycles. The lowest BCUT2D eigenvalue weighted by atomic mass is 9.97. The number of aromatic amines is 1. The molecule has 4 rings (SSSR count). The van der Waals surface area contributed by atoms with Crippen molar-refractivity contribution in [2.75, 3.05) is 4.90 Å². The molecule has 8 heteroatoms. The molecule has 3 aromatic heterocycles. The Balaban J connectivity index is 1.98. The van der Waals surface area contributed by atoms with E-state index in [1.54, 1.807) is 39.0 Å². The smallest absolute Gasteiger partial charge is 0.301 e. The number of amides is 1.